The summed E-state index contributed by atoms with van der Waals surface area (Å²) >= 11 is 0. The summed E-state index contributed by atoms with van der Waals surface area (Å²) in [5, 5.41) is 12.5. The van der Waals surface area contributed by atoms with Gasteiger partial charge in [-0.2, -0.15) is 10.2 Å². The minimum absolute atomic E-state index is 0.743. The Hall–Kier alpha value is -1.62. The molecule has 1 saturated carbocycles. The number of nitrogens with one attached hydrogen (secondary N) is 1. The van der Waals surface area contributed by atoms with E-state index in [4.69, 9.17) is 0 Å². The molecule has 0 amide bonds. The first-order valence-electron chi connectivity index (χ1n) is 7.37. The van der Waals surface area contributed by atoms with Crippen LogP contribution in [0.3, 0.4) is 0 Å². The van der Waals surface area contributed by atoms with E-state index < -0.39 is 0 Å². The summed E-state index contributed by atoms with van der Waals surface area (Å²) in [6.07, 6.45) is 7.63. The first-order chi connectivity index (χ1) is 9.63. The van der Waals surface area contributed by atoms with E-state index in [2.05, 4.69) is 40.2 Å². The molecule has 20 heavy (non-hydrogen) atoms. The van der Waals surface area contributed by atoms with Crippen molar-refractivity contribution in [1.29, 1.82) is 0 Å². The third-order valence-corrected chi connectivity index (χ3v) is 4.05. The molecule has 0 unspecified atom stereocenters. The van der Waals surface area contributed by atoms with Gasteiger partial charge in [0.15, 0.2) is 0 Å². The second-order valence-corrected chi connectivity index (χ2v) is 5.80. The van der Waals surface area contributed by atoms with Crippen molar-refractivity contribution in [2.45, 2.75) is 52.2 Å². The summed E-state index contributed by atoms with van der Waals surface area (Å²) in [5.41, 5.74) is 5.07. The SMILES string of the molecule is Cc1nn(CCc2cnn(C)c2)c(C)c1CNC1CC1. The predicted octanol–water partition coefficient (Wildman–Crippen LogP) is 1.73. The lowest BCUT2D eigenvalue weighted by atomic mass is 10.2. The van der Waals surface area contributed by atoms with Crippen LogP contribution in [-0.2, 0) is 26.6 Å². The number of nitrogens with zero attached hydrogens (tertiary/aromatic N) is 4. The summed E-state index contributed by atoms with van der Waals surface area (Å²) in [7, 11) is 1.95. The van der Waals surface area contributed by atoms with Gasteiger partial charge in [0.2, 0.25) is 0 Å². The Kier molecular flexibility index (Phi) is 3.61. The van der Waals surface area contributed by atoms with Crippen LogP contribution < -0.4 is 5.32 Å². The minimum atomic E-state index is 0.743. The molecule has 2 heterocycles. The first kappa shape index (κ1) is 13.4. The Balaban J connectivity index is 1.64. The van der Waals surface area contributed by atoms with Crippen LogP contribution in [0.25, 0.3) is 0 Å². The summed E-state index contributed by atoms with van der Waals surface area (Å²) in [5.74, 6) is 0. The molecule has 2 aromatic rings. The maximum Gasteiger partial charge on any atom is 0.0641 e. The van der Waals surface area contributed by atoms with Crippen molar-refractivity contribution < 1.29 is 0 Å². The highest BCUT2D eigenvalue weighted by Crippen LogP contribution is 2.21. The number of hydrogen-bond acceptors (Lipinski definition) is 3. The Morgan fingerprint density at radius 1 is 1.35 bits per heavy atom. The van der Waals surface area contributed by atoms with Crippen molar-refractivity contribution in [2.75, 3.05) is 0 Å². The van der Waals surface area contributed by atoms with E-state index >= 15 is 0 Å². The van der Waals surface area contributed by atoms with Crippen LogP contribution in [0.15, 0.2) is 12.4 Å². The molecule has 0 bridgehead atoms. The van der Waals surface area contributed by atoms with Gasteiger partial charge < -0.3 is 5.32 Å². The zero-order valence-electron chi connectivity index (χ0n) is 12.6. The fourth-order valence-corrected chi connectivity index (χ4v) is 2.58. The van der Waals surface area contributed by atoms with Crippen molar-refractivity contribution in [2.24, 2.45) is 7.05 Å². The van der Waals surface area contributed by atoms with E-state index in [9.17, 15) is 0 Å². The molecule has 5 nitrogen and oxygen atoms in total. The van der Waals surface area contributed by atoms with E-state index in [-0.39, 0.29) is 0 Å². The molecular formula is C15H23N5. The van der Waals surface area contributed by atoms with Gasteiger partial charge in [-0.25, -0.2) is 0 Å². The van der Waals surface area contributed by atoms with Crippen LogP contribution in [0.4, 0.5) is 0 Å². The second-order valence-electron chi connectivity index (χ2n) is 5.80. The molecule has 3 rings (SSSR count). The fraction of sp³-hybridized carbons (Fsp3) is 0.600. The van der Waals surface area contributed by atoms with Crippen LogP contribution >= 0.6 is 0 Å². The van der Waals surface area contributed by atoms with Gasteiger partial charge >= 0.3 is 0 Å². The molecule has 0 radical (unpaired) electrons. The Labute approximate surface area is 120 Å². The third kappa shape index (κ3) is 2.93. The van der Waals surface area contributed by atoms with Crippen LogP contribution in [0.2, 0.25) is 0 Å². The first-order valence-corrected chi connectivity index (χ1v) is 7.37. The van der Waals surface area contributed by atoms with E-state index in [1.807, 2.05) is 17.9 Å². The maximum absolute atomic E-state index is 4.68. The highest BCUT2D eigenvalue weighted by atomic mass is 15.3. The van der Waals surface area contributed by atoms with Gasteiger partial charge in [0, 0.05) is 43.6 Å². The average Bonchev–Trinajstić information content (AvgIpc) is 3.09. The van der Waals surface area contributed by atoms with Gasteiger partial charge in [0.05, 0.1) is 11.9 Å². The Morgan fingerprint density at radius 3 is 2.80 bits per heavy atom. The van der Waals surface area contributed by atoms with Crippen LogP contribution in [0, 0.1) is 13.8 Å². The van der Waals surface area contributed by atoms with Crippen LogP contribution in [0.5, 0.6) is 0 Å². The molecule has 108 valence electrons. The molecule has 2 aromatic heterocycles. The van der Waals surface area contributed by atoms with E-state index in [1.165, 1.54) is 29.7 Å². The quantitative estimate of drug-likeness (QED) is 0.872. The minimum Gasteiger partial charge on any atom is -0.310 e. The zero-order valence-corrected chi connectivity index (χ0v) is 12.6. The maximum atomic E-state index is 4.68. The van der Waals surface area contributed by atoms with Crippen LogP contribution in [0.1, 0.15) is 35.4 Å². The summed E-state index contributed by atoms with van der Waals surface area (Å²) in [6.45, 7) is 6.15. The average molecular weight is 273 g/mol. The van der Waals surface area contributed by atoms with Crippen molar-refractivity contribution in [1.82, 2.24) is 24.9 Å². The van der Waals surface area contributed by atoms with E-state index in [1.54, 1.807) is 0 Å². The normalized spacial score (nSPS) is 14.9. The second kappa shape index (κ2) is 5.40. The molecule has 0 atom stereocenters. The number of rotatable bonds is 6. The van der Waals surface area contributed by atoms with Crippen molar-refractivity contribution in [3.63, 3.8) is 0 Å². The van der Waals surface area contributed by atoms with Gasteiger partial charge in [-0.3, -0.25) is 9.36 Å². The molecule has 5 heteroatoms. The third-order valence-electron chi connectivity index (χ3n) is 4.05. The number of aromatic nitrogens is 4. The molecule has 1 aliphatic carbocycles. The topological polar surface area (TPSA) is 47.7 Å². The lowest BCUT2D eigenvalue weighted by Gasteiger charge is -2.05. The lowest BCUT2D eigenvalue weighted by molar-refractivity contribution is 0.591. The zero-order chi connectivity index (χ0) is 14.1. The Bertz CT molecular complexity index is 591. The van der Waals surface area contributed by atoms with Gasteiger partial charge in [-0.15, -0.1) is 0 Å². The van der Waals surface area contributed by atoms with E-state index in [0.717, 1.165) is 31.2 Å². The molecule has 1 N–H and O–H groups in total. The van der Waals surface area contributed by atoms with Crippen LogP contribution in [-0.4, -0.2) is 25.6 Å². The molecule has 0 spiro atoms. The van der Waals surface area contributed by atoms with Gasteiger partial charge in [0.1, 0.15) is 0 Å². The summed E-state index contributed by atoms with van der Waals surface area (Å²) in [6, 6.07) is 0.743. The largest absolute Gasteiger partial charge is 0.310 e. The standard InChI is InChI=1S/C15H23N5/c1-11-15(9-16-14-4-5-14)12(2)20(18-11)7-6-13-8-17-19(3)10-13/h8,10,14,16H,4-7,9H2,1-3H3. The Morgan fingerprint density at radius 2 is 2.15 bits per heavy atom. The molecule has 0 aliphatic heterocycles. The van der Waals surface area contributed by atoms with Gasteiger partial charge in [-0.1, -0.05) is 0 Å². The molecule has 1 fully saturated rings. The number of hydrogen-bond donors (Lipinski definition) is 1. The molecule has 0 aromatic carbocycles. The number of aryl methyl sites for hydroxylation is 4. The highest BCUT2D eigenvalue weighted by Gasteiger charge is 2.21. The summed E-state index contributed by atoms with van der Waals surface area (Å²) in [4.78, 5) is 0. The van der Waals surface area contributed by atoms with Gasteiger partial charge in [-0.05, 0) is 38.7 Å². The molecule has 1 aliphatic rings. The van der Waals surface area contributed by atoms with Gasteiger partial charge in [0.25, 0.3) is 0 Å². The van der Waals surface area contributed by atoms with Crippen molar-refractivity contribution in [3.8, 4) is 0 Å². The van der Waals surface area contributed by atoms with Crippen molar-refractivity contribution >= 4 is 0 Å². The summed E-state index contributed by atoms with van der Waals surface area (Å²) < 4.78 is 3.98. The molecular weight excluding hydrogens is 250 g/mol. The lowest BCUT2D eigenvalue weighted by Crippen LogP contribution is -2.16. The van der Waals surface area contributed by atoms with E-state index in [0.29, 0.717) is 0 Å². The van der Waals surface area contributed by atoms with Crippen molar-refractivity contribution in [3.05, 3.63) is 34.9 Å². The molecule has 0 saturated heterocycles. The highest BCUT2D eigenvalue weighted by molar-refractivity contribution is 5.24. The monoisotopic (exact) mass is 273 g/mol. The smallest absolute Gasteiger partial charge is 0.0641 e. The predicted molar refractivity (Wildman–Crippen MR) is 78.5 cm³/mol. The fourth-order valence-electron chi connectivity index (χ4n) is 2.58.